The van der Waals surface area contributed by atoms with Gasteiger partial charge in [-0.15, -0.1) is 11.3 Å². The third kappa shape index (κ3) is 2.74. The molecule has 4 nitrogen and oxygen atoms in total. The van der Waals surface area contributed by atoms with Crippen molar-refractivity contribution in [2.24, 2.45) is 0 Å². The topological polar surface area (TPSA) is 47.8 Å². The number of rotatable bonds is 1. The van der Waals surface area contributed by atoms with Crippen molar-refractivity contribution in [3.05, 3.63) is 51.1 Å². The van der Waals surface area contributed by atoms with E-state index in [9.17, 15) is 18.0 Å². The van der Waals surface area contributed by atoms with Crippen LogP contribution in [0.15, 0.2) is 29.3 Å². The molecule has 0 radical (unpaired) electrons. The van der Waals surface area contributed by atoms with Gasteiger partial charge in [0.2, 0.25) is 5.82 Å². The Morgan fingerprint density at radius 2 is 1.96 bits per heavy atom. The van der Waals surface area contributed by atoms with Crippen LogP contribution >= 0.6 is 11.3 Å². The summed E-state index contributed by atoms with van der Waals surface area (Å²) in [6.45, 7) is 0. The van der Waals surface area contributed by atoms with Crippen LogP contribution in [0.3, 0.4) is 0 Å². The highest BCUT2D eigenvalue weighted by Gasteiger charge is 2.38. The summed E-state index contributed by atoms with van der Waals surface area (Å²) in [6.07, 6.45) is 2.46. The molecule has 0 bridgehead atoms. The largest absolute Gasteiger partial charge is 0.450 e. The highest BCUT2D eigenvalue weighted by Crippen LogP contribution is 2.36. The highest BCUT2D eigenvalue weighted by molar-refractivity contribution is 7.18. The van der Waals surface area contributed by atoms with Crippen LogP contribution in [0.5, 0.6) is 0 Å². The third-order valence-electron chi connectivity index (χ3n) is 4.40. The zero-order chi connectivity index (χ0) is 17.6. The van der Waals surface area contributed by atoms with Gasteiger partial charge in [0.05, 0.1) is 17.3 Å². The Balaban J connectivity index is 2.09. The molecule has 0 atom stereocenters. The molecule has 25 heavy (non-hydrogen) atoms. The maximum absolute atomic E-state index is 13.6. The van der Waals surface area contributed by atoms with E-state index in [0.717, 1.165) is 36.1 Å². The summed E-state index contributed by atoms with van der Waals surface area (Å²) in [4.78, 5) is 21.9. The fourth-order valence-electron chi connectivity index (χ4n) is 3.30. The van der Waals surface area contributed by atoms with Gasteiger partial charge in [-0.05, 0) is 43.4 Å². The van der Waals surface area contributed by atoms with Crippen LogP contribution in [0.1, 0.15) is 35.5 Å². The molecule has 0 amide bonds. The number of hydrogen-bond donors (Lipinski definition) is 0. The Morgan fingerprint density at radius 3 is 2.68 bits per heavy atom. The highest BCUT2D eigenvalue weighted by atomic mass is 32.1. The van der Waals surface area contributed by atoms with E-state index in [1.807, 2.05) is 0 Å². The van der Waals surface area contributed by atoms with Crippen LogP contribution in [0.25, 0.3) is 15.9 Å². The van der Waals surface area contributed by atoms with Crippen LogP contribution in [0.2, 0.25) is 0 Å². The number of nitrogens with zero attached hydrogens (tertiary/aromatic N) is 3. The van der Waals surface area contributed by atoms with Crippen LogP contribution < -0.4 is 5.56 Å². The van der Waals surface area contributed by atoms with Gasteiger partial charge < -0.3 is 0 Å². The Morgan fingerprint density at radius 1 is 1.16 bits per heavy atom. The number of pyridine rings is 1. The summed E-state index contributed by atoms with van der Waals surface area (Å²) in [5.74, 6) is -1.20. The zero-order valence-electron chi connectivity index (χ0n) is 13.1. The summed E-state index contributed by atoms with van der Waals surface area (Å²) in [5, 5.41) is 0.332. The molecule has 3 aromatic rings. The summed E-state index contributed by atoms with van der Waals surface area (Å²) < 4.78 is 41.3. The number of thiophene rings is 1. The monoisotopic (exact) mass is 365 g/mol. The Kier molecular flexibility index (Phi) is 3.87. The number of aromatic nitrogens is 3. The van der Waals surface area contributed by atoms with E-state index in [1.165, 1.54) is 35.9 Å². The molecular formula is C17H14F3N3OS. The number of aryl methyl sites for hydroxylation is 2. The minimum Gasteiger partial charge on any atom is -0.268 e. The van der Waals surface area contributed by atoms with E-state index in [1.54, 1.807) is 0 Å². The molecule has 0 saturated heterocycles. The molecule has 8 heteroatoms. The SMILES string of the molecule is O=c1c2c3c(sc2nc(C(F)(F)F)n1-c1cccnc1)CCCCC3. The number of halogens is 3. The second-order valence-electron chi connectivity index (χ2n) is 6.03. The first-order chi connectivity index (χ1) is 12.0. The Labute approximate surface area is 145 Å². The van der Waals surface area contributed by atoms with E-state index >= 15 is 0 Å². The molecule has 1 aliphatic rings. The average molecular weight is 365 g/mol. The van der Waals surface area contributed by atoms with Gasteiger partial charge in [0.25, 0.3) is 5.56 Å². The summed E-state index contributed by atoms with van der Waals surface area (Å²) in [6, 6.07) is 2.93. The normalized spacial score (nSPS) is 15.2. The lowest BCUT2D eigenvalue weighted by molar-refractivity contribution is -0.146. The number of fused-ring (bicyclic) bond motifs is 3. The lowest BCUT2D eigenvalue weighted by Gasteiger charge is -2.14. The molecule has 0 spiro atoms. The maximum Gasteiger partial charge on any atom is 0.450 e. The molecule has 0 saturated carbocycles. The van der Waals surface area contributed by atoms with Gasteiger partial charge >= 0.3 is 6.18 Å². The van der Waals surface area contributed by atoms with Crippen molar-refractivity contribution in [2.75, 3.05) is 0 Å². The molecule has 0 unspecified atom stereocenters. The van der Waals surface area contributed by atoms with E-state index in [2.05, 4.69) is 9.97 Å². The predicted octanol–water partition coefficient (Wildman–Crippen LogP) is 4.13. The van der Waals surface area contributed by atoms with Crippen molar-refractivity contribution in [3.8, 4) is 5.69 Å². The predicted molar refractivity (Wildman–Crippen MR) is 89.3 cm³/mol. The van der Waals surface area contributed by atoms with E-state index < -0.39 is 17.6 Å². The molecule has 0 N–H and O–H groups in total. The van der Waals surface area contributed by atoms with E-state index in [-0.39, 0.29) is 10.5 Å². The molecule has 0 aromatic carbocycles. The van der Waals surface area contributed by atoms with Gasteiger partial charge in [-0.1, -0.05) is 6.42 Å². The molecule has 3 aromatic heterocycles. The van der Waals surface area contributed by atoms with Gasteiger partial charge in [-0.2, -0.15) is 13.2 Å². The van der Waals surface area contributed by atoms with Crippen molar-refractivity contribution in [3.63, 3.8) is 0 Å². The van der Waals surface area contributed by atoms with Gasteiger partial charge in [0.15, 0.2) is 0 Å². The smallest absolute Gasteiger partial charge is 0.268 e. The first-order valence-corrected chi connectivity index (χ1v) is 8.83. The molecular weight excluding hydrogens is 351 g/mol. The molecule has 4 rings (SSSR count). The minimum absolute atomic E-state index is 0.0720. The summed E-state index contributed by atoms with van der Waals surface area (Å²) in [7, 11) is 0. The number of hydrogen-bond acceptors (Lipinski definition) is 4. The van der Waals surface area contributed by atoms with Crippen molar-refractivity contribution in [1.82, 2.24) is 14.5 Å². The number of alkyl halides is 3. The first-order valence-electron chi connectivity index (χ1n) is 8.01. The van der Waals surface area contributed by atoms with Crippen LogP contribution in [-0.4, -0.2) is 14.5 Å². The first kappa shape index (κ1) is 16.3. The Bertz CT molecular complexity index is 992. The lowest BCUT2D eigenvalue weighted by Crippen LogP contribution is -2.28. The zero-order valence-corrected chi connectivity index (χ0v) is 14.0. The summed E-state index contributed by atoms with van der Waals surface area (Å²) in [5.41, 5.74) is 0.286. The van der Waals surface area contributed by atoms with Crippen molar-refractivity contribution < 1.29 is 13.2 Å². The van der Waals surface area contributed by atoms with Crippen LogP contribution in [-0.2, 0) is 19.0 Å². The van der Waals surface area contributed by atoms with Crippen molar-refractivity contribution in [1.29, 1.82) is 0 Å². The second kappa shape index (κ2) is 5.94. The second-order valence-corrected chi connectivity index (χ2v) is 7.11. The molecule has 3 heterocycles. The molecule has 130 valence electrons. The average Bonchev–Trinajstić information content (AvgIpc) is 2.77. The Hall–Kier alpha value is -2.22. The van der Waals surface area contributed by atoms with Crippen LogP contribution in [0, 0.1) is 0 Å². The van der Waals surface area contributed by atoms with Gasteiger partial charge in [-0.25, -0.2) is 4.98 Å². The summed E-state index contributed by atoms with van der Waals surface area (Å²) >= 11 is 1.22. The quantitative estimate of drug-likeness (QED) is 0.609. The lowest BCUT2D eigenvalue weighted by atomic mass is 10.1. The van der Waals surface area contributed by atoms with E-state index in [0.29, 0.717) is 16.4 Å². The maximum atomic E-state index is 13.6. The van der Waals surface area contributed by atoms with Gasteiger partial charge in [0, 0.05) is 11.1 Å². The van der Waals surface area contributed by atoms with Crippen LogP contribution in [0.4, 0.5) is 13.2 Å². The van der Waals surface area contributed by atoms with Crippen molar-refractivity contribution in [2.45, 2.75) is 38.3 Å². The fraction of sp³-hybridized carbons (Fsp3) is 0.353. The standard InChI is InChI=1S/C17H14F3N3OS/c18-17(19,20)16-22-14-13(11-6-2-1-3-7-12(11)25-14)15(24)23(16)10-5-4-8-21-9-10/h4-5,8-9H,1-3,6-7H2. The minimum atomic E-state index is -4.73. The molecule has 0 fully saturated rings. The van der Waals surface area contributed by atoms with Crippen molar-refractivity contribution >= 4 is 21.6 Å². The third-order valence-corrected chi connectivity index (χ3v) is 5.58. The van der Waals surface area contributed by atoms with Gasteiger partial charge in [0.1, 0.15) is 4.83 Å². The van der Waals surface area contributed by atoms with Gasteiger partial charge in [-0.3, -0.25) is 14.3 Å². The van der Waals surface area contributed by atoms with E-state index in [4.69, 9.17) is 0 Å². The molecule has 1 aliphatic carbocycles. The fourth-order valence-corrected chi connectivity index (χ4v) is 4.55. The molecule has 0 aliphatic heterocycles.